The molecule has 0 radical (unpaired) electrons. The lowest BCUT2D eigenvalue weighted by atomic mass is 9.97. The van der Waals surface area contributed by atoms with Gasteiger partial charge in [0, 0.05) is 18.6 Å². The van der Waals surface area contributed by atoms with E-state index in [4.69, 9.17) is 12.2 Å². The lowest BCUT2D eigenvalue weighted by Gasteiger charge is -2.35. The minimum absolute atomic E-state index is 0.561. The van der Waals surface area contributed by atoms with E-state index in [1.165, 1.54) is 38.8 Å². The fourth-order valence-corrected chi connectivity index (χ4v) is 3.58. The standard InChI is InChI=1S/C11H18N4S/c1-8-12-13-11(16)15(8)10-4-6-14-5-2-3-9(14)7-10/h9-10H,2-7H2,1H3,(H,13,16). The summed E-state index contributed by atoms with van der Waals surface area (Å²) in [5.41, 5.74) is 0. The maximum absolute atomic E-state index is 5.30. The van der Waals surface area contributed by atoms with E-state index in [1.807, 2.05) is 6.92 Å². The maximum atomic E-state index is 5.30. The van der Waals surface area contributed by atoms with E-state index in [-0.39, 0.29) is 0 Å². The third-order valence-corrected chi connectivity index (χ3v) is 4.33. The van der Waals surface area contributed by atoms with Gasteiger partial charge in [0.25, 0.3) is 0 Å². The summed E-state index contributed by atoms with van der Waals surface area (Å²) in [7, 11) is 0. The lowest BCUT2D eigenvalue weighted by Crippen LogP contribution is -2.38. The molecule has 2 fully saturated rings. The zero-order valence-corrected chi connectivity index (χ0v) is 10.5. The third kappa shape index (κ3) is 1.62. The van der Waals surface area contributed by atoms with Crippen molar-refractivity contribution in [2.24, 2.45) is 0 Å². The molecule has 88 valence electrons. The van der Waals surface area contributed by atoms with E-state index in [1.54, 1.807) is 0 Å². The monoisotopic (exact) mass is 238 g/mol. The van der Waals surface area contributed by atoms with Crippen molar-refractivity contribution in [1.29, 1.82) is 0 Å². The van der Waals surface area contributed by atoms with Crippen LogP contribution < -0.4 is 0 Å². The van der Waals surface area contributed by atoms with Gasteiger partial charge in [0.2, 0.25) is 0 Å². The largest absolute Gasteiger partial charge is 0.301 e. The number of aromatic amines is 1. The smallest absolute Gasteiger partial charge is 0.195 e. The molecule has 1 aromatic rings. The molecule has 3 heterocycles. The SMILES string of the molecule is Cc1n[nH]c(=S)n1C1CCN2CCCC2C1. The number of nitrogens with one attached hydrogen (secondary N) is 1. The molecule has 0 aliphatic carbocycles. The Balaban J connectivity index is 1.84. The van der Waals surface area contributed by atoms with Crippen LogP contribution in [-0.2, 0) is 0 Å². The van der Waals surface area contributed by atoms with E-state index in [0.717, 1.165) is 16.6 Å². The van der Waals surface area contributed by atoms with Crippen molar-refractivity contribution >= 4 is 12.2 Å². The number of hydrogen-bond donors (Lipinski definition) is 1. The first kappa shape index (κ1) is 10.5. The number of aryl methyl sites for hydroxylation is 1. The van der Waals surface area contributed by atoms with E-state index < -0.39 is 0 Å². The van der Waals surface area contributed by atoms with Gasteiger partial charge in [0.15, 0.2) is 4.77 Å². The predicted molar refractivity (Wildman–Crippen MR) is 65.0 cm³/mol. The molecule has 5 heteroatoms. The van der Waals surface area contributed by atoms with Crippen LogP contribution in [0.15, 0.2) is 0 Å². The van der Waals surface area contributed by atoms with Crippen LogP contribution in [0, 0.1) is 11.7 Å². The molecule has 0 saturated carbocycles. The second-order valence-corrected chi connectivity index (χ2v) is 5.34. The molecule has 2 unspecified atom stereocenters. The molecule has 2 aliphatic rings. The van der Waals surface area contributed by atoms with Crippen LogP contribution in [0.25, 0.3) is 0 Å². The van der Waals surface area contributed by atoms with Gasteiger partial charge in [-0.2, -0.15) is 5.10 Å². The molecular formula is C11H18N4S. The number of fused-ring (bicyclic) bond motifs is 1. The van der Waals surface area contributed by atoms with Gasteiger partial charge < -0.3 is 9.47 Å². The number of nitrogens with zero attached hydrogens (tertiary/aromatic N) is 3. The summed E-state index contributed by atoms with van der Waals surface area (Å²) in [6, 6.07) is 1.35. The second-order valence-electron chi connectivity index (χ2n) is 4.96. The van der Waals surface area contributed by atoms with Crippen LogP contribution in [0.1, 0.15) is 37.5 Å². The van der Waals surface area contributed by atoms with E-state index in [9.17, 15) is 0 Å². The Hall–Kier alpha value is -0.680. The van der Waals surface area contributed by atoms with E-state index >= 15 is 0 Å². The van der Waals surface area contributed by atoms with Gasteiger partial charge in [-0.25, -0.2) is 0 Å². The maximum Gasteiger partial charge on any atom is 0.195 e. The van der Waals surface area contributed by atoms with Crippen molar-refractivity contribution < 1.29 is 0 Å². The first-order chi connectivity index (χ1) is 7.75. The minimum Gasteiger partial charge on any atom is -0.301 e. The van der Waals surface area contributed by atoms with Gasteiger partial charge in [-0.05, 0) is 51.4 Å². The summed E-state index contributed by atoms with van der Waals surface area (Å²) in [5.74, 6) is 1.03. The quantitative estimate of drug-likeness (QED) is 0.761. The molecule has 1 aromatic heterocycles. The average molecular weight is 238 g/mol. The highest BCUT2D eigenvalue weighted by atomic mass is 32.1. The van der Waals surface area contributed by atoms with Gasteiger partial charge in [0.1, 0.15) is 5.82 Å². The van der Waals surface area contributed by atoms with Crippen LogP contribution in [-0.4, -0.2) is 38.8 Å². The molecule has 0 aromatic carbocycles. The molecular weight excluding hydrogens is 220 g/mol. The Morgan fingerprint density at radius 1 is 1.31 bits per heavy atom. The molecule has 2 saturated heterocycles. The summed E-state index contributed by atoms with van der Waals surface area (Å²) >= 11 is 5.30. The Bertz CT molecular complexity index is 435. The van der Waals surface area contributed by atoms with Crippen LogP contribution in [0.2, 0.25) is 0 Å². The van der Waals surface area contributed by atoms with Crippen LogP contribution in [0.5, 0.6) is 0 Å². The zero-order valence-electron chi connectivity index (χ0n) is 9.65. The Morgan fingerprint density at radius 3 is 2.94 bits per heavy atom. The molecule has 0 spiro atoms. The molecule has 3 rings (SSSR count). The fraction of sp³-hybridized carbons (Fsp3) is 0.818. The lowest BCUT2D eigenvalue weighted by molar-refractivity contribution is 0.154. The summed E-state index contributed by atoms with van der Waals surface area (Å²) in [5, 5.41) is 7.11. The van der Waals surface area contributed by atoms with Crippen molar-refractivity contribution in [3.05, 3.63) is 10.6 Å². The first-order valence-electron chi connectivity index (χ1n) is 6.13. The van der Waals surface area contributed by atoms with Crippen molar-refractivity contribution in [1.82, 2.24) is 19.7 Å². The number of hydrogen-bond acceptors (Lipinski definition) is 3. The number of rotatable bonds is 1. The Morgan fingerprint density at radius 2 is 2.19 bits per heavy atom. The van der Waals surface area contributed by atoms with Crippen molar-refractivity contribution in [2.75, 3.05) is 13.1 Å². The first-order valence-corrected chi connectivity index (χ1v) is 6.54. The van der Waals surface area contributed by atoms with Crippen LogP contribution in [0.3, 0.4) is 0 Å². The highest BCUT2D eigenvalue weighted by molar-refractivity contribution is 7.71. The van der Waals surface area contributed by atoms with Gasteiger partial charge >= 0.3 is 0 Å². The third-order valence-electron chi connectivity index (χ3n) is 4.04. The topological polar surface area (TPSA) is 36.9 Å². The molecule has 2 aliphatic heterocycles. The van der Waals surface area contributed by atoms with Gasteiger partial charge in [0.05, 0.1) is 0 Å². The molecule has 16 heavy (non-hydrogen) atoms. The number of piperidine rings is 1. The second kappa shape index (κ2) is 3.96. The predicted octanol–water partition coefficient (Wildman–Crippen LogP) is 2.05. The van der Waals surface area contributed by atoms with Crippen LogP contribution >= 0.6 is 12.2 Å². The molecule has 0 amide bonds. The van der Waals surface area contributed by atoms with Crippen molar-refractivity contribution in [3.63, 3.8) is 0 Å². The van der Waals surface area contributed by atoms with Gasteiger partial charge in [-0.1, -0.05) is 0 Å². The van der Waals surface area contributed by atoms with Gasteiger partial charge in [-0.3, -0.25) is 5.10 Å². The van der Waals surface area contributed by atoms with Gasteiger partial charge in [-0.15, -0.1) is 0 Å². The van der Waals surface area contributed by atoms with E-state index in [0.29, 0.717) is 6.04 Å². The number of H-pyrrole nitrogens is 1. The highest BCUT2D eigenvalue weighted by Gasteiger charge is 2.33. The summed E-state index contributed by atoms with van der Waals surface area (Å²) in [6.07, 6.45) is 5.19. The number of aromatic nitrogens is 3. The molecule has 1 N–H and O–H groups in total. The normalized spacial score (nSPS) is 30.6. The van der Waals surface area contributed by atoms with Crippen molar-refractivity contribution in [2.45, 2.75) is 44.7 Å². The molecule has 0 bridgehead atoms. The molecule has 4 nitrogen and oxygen atoms in total. The summed E-state index contributed by atoms with van der Waals surface area (Å²) in [4.78, 5) is 2.63. The minimum atomic E-state index is 0.561. The molecule has 2 atom stereocenters. The Labute approximate surface area is 101 Å². The Kier molecular flexibility index (Phi) is 2.59. The van der Waals surface area contributed by atoms with Crippen LogP contribution in [0.4, 0.5) is 0 Å². The average Bonchev–Trinajstić information content (AvgIpc) is 2.85. The summed E-state index contributed by atoms with van der Waals surface area (Å²) < 4.78 is 3.00. The summed E-state index contributed by atoms with van der Waals surface area (Å²) in [6.45, 7) is 4.56. The highest BCUT2D eigenvalue weighted by Crippen LogP contribution is 2.33. The van der Waals surface area contributed by atoms with Crippen molar-refractivity contribution in [3.8, 4) is 0 Å². The van der Waals surface area contributed by atoms with E-state index in [2.05, 4.69) is 19.7 Å². The zero-order chi connectivity index (χ0) is 11.1. The fourth-order valence-electron chi connectivity index (χ4n) is 3.25.